The van der Waals surface area contributed by atoms with Gasteiger partial charge in [0.05, 0.1) is 72.5 Å². The molecule has 0 saturated carbocycles. The second kappa shape index (κ2) is 38.2. The molecule has 30 atom stereocenters. The van der Waals surface area contributed by atoms with Crippen molar-refractivity contribution in [1.82, 2.24) is 26.2 Å². The number of carbonyl (C=O) groups is 4. The van der Waals surface area contributed by atoms with Crippen LogP contribution in [0, 0.1) is 0 Å². The molecule has 6 rings (SSSR count). The number of aliphatic hydroxyl groups is 20. The number of unbranched alkanes of at least 4 members (excludes halogenated alkanes) is 2. The maximum atomic E-state index is 13.5. The van der Waals surface area contributed by atoms with Gasteiger partial charge in [-0.3, -0.25) is 24.1 Å². The van der Waals surface area contributed by atoms with Crippen LogP contribution in [0.5, 0.6) is 0 Å². The minimum absolute atomic E-state index is 0.149. The Labute approximate surface area is 536 Å². The Bertz CT molecular complexity index is 2150. The Kier molecular flexibility index (Phi) is 32.3. The maximum absolute atomic E-state index is 13.5. The summed E-state index contributed by atoms with van der Waals surface area (Å²) in [7, 11) is 1.49. The summed E-state index contributed by atoms with van der Waals surface area (Å²) in [5.41, 5.74) is 0. The highest BCUT2D eigenvalue weighted by Gasteiger charge is 2.55. The van der Waals surface area contributed by atoms with Gasteiger partial charge >= 0.3 is 0 Å². The molecule has 0 radical (unpaired) electrons. The molecule has 0 aliphatic carbocycles. The number of amides is 4. The average Bonchev–Trinajstić information content (AvgIpc) is 0.795. The molecule has 4 amide bonds. The van der Waals surface area contributed by atoms with E-state index in [2.05, 4.69) is 21.3 Å². The van der Waals surface area contributed by atoms with Crippen LogP contribution in [-0.4, -0.2) is 414 Å². The minimum Gasteiger partial charge on any atom is -0.394 e. The average molecular weight is 1380 g/mol. The van der Waals surface area contributed by atoms with Crippen LogP contribution in [-0.2, 0) is 76.0 Å². The van der Waals surface area contributed by atoms with Gasteiger partial charge in [-0.25, -0.2) is 0 Å². The summed E-state index contributed by atoms with van der Waals surface area (Å²) < 4.78 is 67.1. The van der Waals surface area contributed by atoms with Crippen molar-refractivity contribution in [1.29, 1.82) is 0 Å². The Morgan fingerprint density at radius 1 is 0.340 bits per heavy atom. The van der Waals surface area contributed by atoms with Gasteiger partial charge in [-0.2, -0.15) is 0 Å². The van der Waals surface area contributed by atoms with E-state index in [-0.39, 0.29) is 32.0 Å². The first-order valence-electron chi connectivity index (χ1n) is 30.5. The number of nitrogens with zero attached hydrogens (tertiary/aromatic N) is 1. The highest BCUT2D eigenvalue weighted by atomic mass is 16.8. The second-order valence-corrected chi connectivity index (χ2v) is 23.1. The zero-order valence-electron chi connectivity index (χ0n) is 51.0. The summed E-state index contributed by atoms with van der Waals surface area (Å²) in [5.74, 6) is -2.43. The number of rotatable bonds is 34. The Balaban J connectivity index is 1.08. The van der Waals surface area contributed by atoms with Crippen molar-refractivity contribution in [3.05, 3.63) is 0 Å². The molecule has 6 fully saturated rings. The summed E-state index contributed by atoms with van der Waals surface area (Å²) in [4.78, 5) is 53.0. The highest BCUT2D eigenvalue weighted by Crippen LogP contribution is 2.34. The normalized spacial score (nSPS) is 41.2. The molecule has 6 saturated heterocycles. The fourth-order valence-corrected chi connectivity index (χ4v) is 10.8. The SMILES string of the molecule is CNC(=O)CCCCCNC(=O)CN(CC(=O)NCCO[C@H]1O[C@H](CO[C@H]2O[C@H](CO)[C@@H](O)[C@H](O)[C@@H]2O)[C@@H](O)[C@H](O[C@H]2O[C@H](CO)[C@@H](O)[C@H](O)[C@@H]2O)[C@@H]1O)CC(=O)NCCO[C@H]1O[C@H](CO[C@H]2O[C@H](CO)[C@@H](O)[C@H](O)[C@@H]2O)[C@@H](O)[C@H](O[C@H]2O[C@H](CO)[C@@H](O)[C@H](O)[C@@H]2O)[C@@H]1O. The van der Waals surface area contributed by atoms with E-state index in [0.717, 1.165) is 4.90 Å². The van der Waals surface area contributed by atoms with Crippen molar-refractivity contribution in [3.63, 3.8) is 0 Å². The van der Waals surface area contributed by atoms with Crippen molar-refractivity contribution in [2.24, 2.45) is 0 Å². The predicted octanol–water partition coefficient (Wildman–Crippen LogP) is -16.1. The molecule has 24 N–H and O–H groups in total. The van der Waals surface area contributed by atoms with Gasteiger partial charge in [-0.1, -0.05) is 6.42 Å². The molecule has 0 aromatic heterocycles. The van der Waals surface area contributed by atoms with Crippen LogP contribution < -0.4 is 21.3 Å². The molecule has 0 spiro atoms. The van der Waals surface area contributed by atoms with Crippen molar-refractivity contribution < 1.29 is 178 Å². The van der Waals surface area contributed by atoms with Crippen molar-refractivity contribution >= 4 is 23.6 Å². The molecular formula is C53H93N5O36. The van der Waals surface area contributed by atoms with Crippen molar-refractivity contribution in [3.8, 4) is 0 Å². The summed E-state index contributed by atoms with van der Waals surface area (Å²) >= 11 is 0. The number of hydrogen-bond acceptors (Lipinski definition) is 37. The predicted molar refractivity (Wildman–Crippen MR) is 298 cm³/mol. The van der Waals surface area contributed by atoms with Gasteiger partial charge in [-0.05, 0) is 12.8 Å². The minimum atomic E-state index is -2.03. The molecule has 41 nitrogen and oxygen atoms in total. The summed E-state index contributed by atoms with van der Waals surface area (Å²) in [6.45, 7) is -8.43. The van der Waals surface area contributed by atoms with E-state index >= 15 is 0 Å². The first-order chi connectivity index (χ1) is 44.7. The standard InChI is InChI=1S/C53H93N5O36/c1-54-26(63)5-3-2-4-6-55-27(64)11-58(12-28(65)56-7-9-83-50-44(81)46(93-52-42(79)38(75)32(69)22(16-61)89-52)34(71)24(91-50)18-85-48-40(77)36(73)30(67)20(14-59)87-48)13-29(66)57-8-10-84-51-45(82)47(94-53-43(80)39(76)33(70)23(17-62)90-53)35(72)25(92-51)19-86-49-41(78)37(74)31(68)21(15-60)88-49/h20-25,30-53,59-62,67-82H,2-19H2,1H3,(H,54,63)(H,55,64)(H,56,65)(H,57,66)/t20-,21-,22-,23-,24-,25-,30-,31-,32-,33-,34-,35-,36+,37+,38+,39+,40+,41+,42+,43+,44+,45+,46+,47+,48+,49+,50+,51+,52-,53-/m1/s1. The third-order valence-corrected chi connectivity index (χ3v) is 16.3. The molecule has 6 aliphatic rings. The molecule has 0 bridgehead atoms. The Morgan fingerprint density at radius 3 is 0.989 bits per heavy atom. The molecule has 0 aromatic rings. The van der Waals surface area contributed by atoms with Crippen LogP contribution in [0.25, 0.3) is 0 Å². The lowest BCUT2D eigenvalue weighted by molar-refractivity contribution is -0.366. The maximum Gasteiger partial charge on any atom is 0.234 e. The van der Waals surface area contributed by atoms with E-state index in [1.165, 1.54) is 7.05 Å². The number of nitrogens with one attached hydrogen (secondary N) is 4. The zero-order valence-corrected chi connectivity index (χ0v) is 51.0. The van der Waals surface area contributed by atoms with E-state index in [1.807, 2.05) is 0 Å². The van der Waals surface area contributed by atoms with Gasteiger partial charge in [0.2, 0.25) is 23.6 Å². The van der Waals surface area contributed by atoms with Crippen LogP contribution in [0.3, 0.4) is 0 Å². The summed E-state index contributed by atoms with van der Waals surface area (Å²) in [5, 5.41) is 220. The quantitative estimate of drug-likeness (QED) is 0.0266. The molecule has 6 aliphatic heterocycles. The third kappa shape index (κ3) is 21.1. The number of ether oxygens (including phenoxy) is 12. The van der Waals surface area contributed by atoms with E-state index in [9.17, 15) is 121 Å². The smallest absolute Gasteiger partial charge is 0.234 e. The molecule has 41 heteroatoms. The topological polar surface area (TPSA) is 635 Å². The summed E-state index contributed by atoms with van der Waals surface area (Å²) in [6, 6.07) is 0. The first-order valence-corrected chi connectivity index (χ1v) is 30.5. The second-order valence-electron chi connectivity index (χ2n) is 23.1. The van der Waals surface area contributed by atoms with Crippen LogP contribution in [0.1, 0.15) is 25.7 Å². The van der Waals surface area contributed by atoms with Crippen molar-refractivity contribution in [2.75, 3.05) is 99.2 Å². The van der Waals surface area contributed by atoms with E-state index < -0.39 is 274 Å². The zero-order chi connectivity index (χ0) is 69.2. The molecule has 0 unspecified atom stereocenters. The van der Waals surface area contributed by atoms with Crippen LogP contribution >= 0.6 is 0 Å². The Morgan fingerprint density at radius 2 is 0.649 bits per heavy atom. The molecule has 0 aromatic carbocycles. The van der Waals surface area contributed by atoms with Gasteiger partial charge in [0.15, 0.2) is 37.7 Å². The summed E-state index contributed by atoms with van der Waals surface area (Å²) in [6.07, 6.45) is -52.7. The lowest BCUT2D eigenvalue weighted by Crippen LogP contribution is -2.65. The number of aliphatic hydroxyl groups excluding tert-OH is 20. The van der Waals surface area contributed by atoms with Gasteiger partial charge < -0.3 is 180 Å². The molecular weight excluding hydrogens is 1280 g/mol. The Hall–Kier alpha value is -3.44. The lowest BCUT2D eigenvalue weighted by atomic mass is 9.96. The first kappa shape index (κ1) is 79.5. The van der Waals surface area contributed by atoms with Gasteiger partial charge in [0, 0.05) is 33.1 Å². The van der Waals surface area contributed by atoms with Crippen LogP contribution in [0.2, 0.25) is 0 Å². The van der Waals surface area contributed by atoms with E-state index in [1.54, 1.807) is 0 Å². The lowest BCUT2D eigenvalue weighted by Gasteiger charge is -2.46. The third-order valence-electron chi connectivity index (χ3n) is 16.3. The van der Waals surface area contributed by atoms with Crippen molar-refractivity contribution in [2.45, 2.75) is 210 Å². The van der Waals surface area contributed by atoms with Crippen LogP contribution in [0.15, 0.2) is 0 Å². The fraction of sp³-hybridized carbons (Fsp3) is 0.925. The monoisotopic (exact) mass is 1380 g/mol. The van der Waals surface area contributed by atoms with Crippen LogP contribution in [0.4, 0.5) is 0 Å². The molecule has 546 valence electrons. The van der Waals surface area contributed by atoms with Gasteiger partial charge in [0.1, 0.15) is 146 Å². The highest BCUT2D eigenvalue weighted by molar-refractivity contribution is 5.84. The van der Waals surface area contributed by atoms with Gasteiger partial charge in [0.25, 0.3) is 0 Å². The van der Waals surface area contributed by atoms with E-state index in [4.69, 9.17) is 56.8 Å². The molecule has 6 heterocycles. The molecule has 94 heavy (non-hydrogen) atoms. The number of hydrogen-bond donors (Lipinski definition) is 24. The fourth-order valence-electron chi connectivity index (χ4n) is 10.8. The number of carbonyl (C=O) groups excluding carboxylic acids is 4. The van der Waals surface area contributed by atoms with Gasteiger partial charge in [-0.15, -0.1) is 0 Å². The largest absolute Gasteiger partial charge is 0.394 e. The van der Waals surface area contributed by atoms with E-state index in [0.29, 0.717) is 19.3 Å².